The molecule has 0 aromatic heterocycles. The Morgan fingerprint density at radius 3 is 1.50 bits per heavy atom. The summed E-state index contributed by atoms with van der Waals surface area (Å²) in [5.41, 5.74) is 0. The fourth-order valence-corrected chi connectivity index (χ4v) is 5.19. The second-order valence-electron chi connectivity index (χ2n) is 12.6. The fourth-order valence-electron chi connectivity index (χ4n) is 5.19. The van der Waals surface area contributed by atoms with Gasteiger partial charge in [0.05, 0.1) is 13.2 Å². The highest BCUT2D eigenvalue weighted by Gasteiger charge is 2.13. The Balaban J connectivity index is 3.52. The number of unbranched alkanes of at least 4 members (excludes halogenated alkanes) is 17. The average molecular weight is 643 g/mol. The maximum absolute atomic E-state index is 12.2. The van der Waals surface area contributed by atoms with E-state index in [0.29, 0.717) is 13.0 Å². The van der Waals surface area contributed by atoms with Crippen LogP contribution >= 0.6 is 0 Å². The molecule has 0 rings (SSSR count). The van der Waals surface area contributed by atoms with E-state index < -0.39 is 6.10 Å². The minimum absolute atomic E-state index is 0.189. The molecule has 0 saturated heterocycles. The number of hydrogen-bond acceptors (Lipinski definition) is 4. The molecule has 0 saturated carbocycles. The summed E-state index contributed by atoms with van der Waals surface area (Å²) in [4.78, 5) is 12.2. The van der Waals surface area contributed by atoms with Crippen molar-refractivity contribution in [3.8, 4) is 0 Å². The summed E-state index contributed by atoms with van der Waals surface area (Å²) in [6, 6.07) is 0. The van der Waals surface area contributed by atoms with Crippen molar-refractivity contribution in [1.82, 2.24) is 0 Å². The smallest absolute Gasteiger partial charge is 0.306 e. The third kappa shape index (κ3) is 36.6. The number of carbonyl (C=O) groups excluding carboxylic acids is 1. The van der Waals surface area contributed by atoms with Crippen LogP contribution in [-0.4, -0.2) is 37.0 Å². The largest absolute Gasteiger partial charge is 0.457 e. The molecule has 0 aliphatic carbocycles. The monoisotopic (exact) mass is 643 g/mol. The zero-order valence-electron chi connectivity index (χ0n) is 30.3. The van der Waals surface area contributed by atoms with E-state index in [1.807, 2.05) is 0 Å². The van der Waals surface area contributed by atoms with Gasteiger partial charge in [-0.1, -0.05) is 152 Å². The molecule has 1 unspecified atom stereocenters. The molecule has 0 bridgehead atoms. The van der Waals surface area contributed by atoms with Crippen molar-refractivity contribution < 1.29 is 19.4 Å². The predicted molar refractivity (Wildman–Crippen MR) is 200 cm³/mol. The molecule has 4 heteroatoms. The molecule has 0 radical (unpaired) electrons. The van der Waals surface area contributed by atoms with Gasteiger partial charge < -0.3 is 14.6 Å². The summed E-state index contributed by atoms with van der Waals surface area (Å²) in [5.74, 6) is -0.219. The van der Waals surface area contributed by atoms with Gasteiger partial charge >= 0.3 is 5.97 Å². The van der Waals surface area contributed by atoms with Crippen LogP contribution < -0.4 is 0 Å². The highest BCUT2D eigenvalue weighted by atomic mass is 16.6. The molecule has 0 amide bonds. The quantitative estimate of drug-likeness (QED) is 0.0424. The number of allylic oxidation sites excluding steroid dienone is 10. The summed E-state index contributed by atoms with van der Waals surface area (Å²) in [5, 5.41) is 9.57. The van der Waals surface area contributed by atoms with Gasteiger partial charge in [0.2, 0.25) is 0 Å². The zero-order valence-corrected chi connectivity index (χ0v) is 30.3. The molecule has 0 aromatic carbocycles. The number of hydrogen-bond donors (Lipinski definition) is 1. The topological polar surface area (TPSA) is 55.8 Å². The maximum Gasteiger partial charge on any atom is 0.306 e. The second-order valence-corrected chi connectivity index (χ2v) is 12.6. The van der Waals surface area contributed by atoms with Crippen LogP contribution in [0.5, 0.6) is 0 Å². The standard InChI is InChI=1S/C42H74O4/c1-3-5-7-9-11-13-15-17-19-21-22-23-25-27-29-31-33-35-37-42(44)46-41(39-43)40-45-38-36-34-32-30-28-26-24-20-18-16-14-12-10-8-6-4-2/h6,8,12,14,18-21,26,28,41,43H,3-5,7,9-11,13,15-17,22-25,27,29-40H2,1-2H3/b8-6-,14-12-,20-18-,21-19-,28-26-. The maximum atomic E-state index is 12.2. The third-order valence-electron chi connectivity index (χ3n) is 8.08. The number of esters is 1. The summed E-state index contributed by atoms with van der Waals surface area (Å²) >= 11 is 0. The van der Waals surface area contributed by atoms with Gasteiger partial charge in [0.15, 0.2) is 0 Å². The van der Waals surface area contributed by atoms with Gasteiger partial charge in [-0.3, -0.25) is 4.79 Å². The van der Waals surface area contributed by atoms with E-state index in [-0.39, 0.29) is 19.2 Å². The van der Waals surface area contributed by atoms with Crippen LogP contribution in [0.1, 0.15) is 174 Å². The molecule has 0 fully saturated rings. The highest BCUT2D eigenvalue weighted by Crippen LogP contribution is 2.12. The molecule has 0 spiro atoms. The molecule has 266 valence electrons. The van der Waals surface area contributed by atoms with E-state index in [1.165, 1.54) is 89.9 Å². The van der Waals surface area contributed by atoms with E-state index >= 15 is 0 Å². The first-order valence-electron chi connectivity index (χ1n) is 19.4. The van der Waals surface area contributed by atoms with Gasteiger partial charge in [0, 0.05) is 13.0 Å². The van der Waals surface area contributed by atoms with Crippen molar-refractivity contribution in [2.24, 2.45) is 0 Å². The summed E-state index contributed by atoms with van der Waals surface area (Å²) in [7, 11) is 0. The second kappa shape index (κ2) is 39.3. The van der Waals surface area contributed by atoms with Crippen molar-refractivity contribution in [2.45, 2.75) is 180 Å². The molecule has 46 heavy (non-hydrogen) atoms. The van der Waals surface area contributed by atoms with Crippen LogP contribution in [0.25, 0.3) is 0 Å². The summed E-state index contributed by atoms with van der Waals surface area (Å²) < 4.78 is 11.1. The minimum atomic E-state index is -0.554. The van der Waals surface area contributed by atoms with Crippen LogP contribution in [0.2, 0.25) is 0 Å². The van der Waals surface area contributed by atoms with E-state index in [0.717, 1.165) is 64.2 Å². The Morgan fingerprint density at radius 1 is 0.543 bits per heavy atom. The molecule has 1 N–H and O–H groups in total. The van der Waals surface area contributed by atoms with Crippen molar-refractivity contribution in [3.05, 3.63) is 60.8 Å². The lowest BCUT2D eigenvalue weighted by Crippen LogP contribution is -2.27. The van der Waals surface area contributed by atoms with E-state index in [2.05, 4.69) is 74.6 Å². The Hall–Kier alpha value is -1.91. The Labute approximate surface area is 285 Å². The number of aliphatic hydroxyl groups is 1. The van der Waals surface area contributed by atoms with Crippen LogP contribution in [0.3, 0.4) is 0 Å². The molecule has 1 atom stereocenters. The summed E-state index contributed by atoms with van der Waals surface area (Å²) in [6.07, 6.45) is 51.2. The van der Waals surface area contributed by atoms with Crippen LogP contribution in [0.4, 0.5) is 0 Å². The number of rotatable bonds is 35. The van der Waals surface area contributed by atoms with Crippen molar-refractivity contribution in [3.63, 3.8) is 0 Å². The SMILES string of the molecule is CC/C=C\C/C=C\C/C=C\C/C=C\CCCCCOCC(CO)OC(=O)CCCCCCCCC/C=C\CCCCCCCCC. The highest BCUT2D eigenvalue weighted by molar-refractivity contribution is 5.69. The van der Waals surface area contributed by atoms with Gasteiger partial charge in [0.1, 0.15) is 6.10 Å². The van der Waals surface area contributed by atoms with Crippen LogP contribution in [0.15, 0.2) is 60.8 Å². The molecule has 0 heterocycles. The van der Waals surface area contributed by atoms with Gasteiger partial charge in [-0.05, 0) is 77.0 Å². The fraction of sp³-hybridized carbons (Fsp3) is 0.738. The van der Waals surface area contributed by atoms with E-state index in [1.54, 1.807) is 0 Å². The number of carbonyl (C=O) groups is 1. The summed E-state index contributed by atoms with van der Waals surface area (Å²) in [6.45, 7) is 5.15. The van der Waals surface area contributed by atoms with Crippen molar-refractivity contribution in [2.75, 3.05) is 19.8 Å². The molecular weight excluding hydrogens is 568 g/mol. The predicted octanol–water partition coefficient (Wildman–Crippen LogP) is 12.5. The van der Waals surface area contributed by atoms with E-state index in [9.17, 15) is 9.90 Å². The Kier molecular flexibility index (Phi) is 37.6. The lowest BCUT2D eigenvalue weighted by Gasteiger charge is -2.15. The molecule has 0 aromatic rings. The lowest BCUT2D eigenvalue weighted by atomic mass is 10.1. The lowest BCUT2D eigenvalue weighted by molar-refractivity contribution is -0.154. The normalized spacial score (nSPS) is 13.0. The molecule has 0 aliphatic rings. The third-order valence-corrected chi connectivity index (χ3v) is 8.08. The first-order valence-corrected chi connectivity index (χ1v) is 19.4. The first-order chi connectivity index (χ1) is 22.7. The Bertz CT molecular complexity index is 764. The zero-order chi connectivity index (χ0) is 33.4. The van der Waals surface area contributed by atoms with Crippen LogP contribution in [-0.2, 0) is 14.3 Å². The van der Waals surface area contributed by atoms with Gasteiger partial charge in [-0.25, -0.2) is 0 Å². The average Bonchev–Trinajstić information content (AvgIpc) is 3.06. The van der Waals surface area contributed by atoms with Gasteiger partial charge in [-0.2, -0.15) is 0 Å². The van der Waals surface area contributed by atoms with Crippen molar-refractivity contribution >= 4 is 5.97 Å². The van der Waals surface area contributed by atoms with Gasteiger partial charge in [-0.15, -0.1) is 0 Å². The number of ether oxygens (including phenoxy) is 2. The molecule has 0 aliphatic heterocycles. The van der Waals surface area contributed by atoms with Crippen LogP contribution in [0, 0.1) is 0 Å². The first kappa shape index (κ1) is 44.1. The van der Waals surface area contributed by atoms with Crippen molar-refractivity contribution in [1.29, 1.82) is 0 Å². The number of aliphatic hydroxyl groups excluding tert-OH is 1. The molecular formula is C42H74O4. The van der Waals surface area contributed by atoms with E-state index in [4.69, 9.17) is 9.47 Å². The molecule has 4 nitrogen and oxygen atoms in total. The minimum Gasteiger partial charge on any atom is -0.457 e. The Morgan fingerprint density at radius 2 is 0.978 bits per heavy atom. The van der Waals surface area contributed by atoms with Gasteiger partial charge in [0.25, 0.3) is 0 Å².